The van der Waals surface area contributed by atoms with Crippen LogP contribution in [0.4, 0.5) is 4.79 Å². The molecule has 2 unspecified atom stereocenters. The van der Waals surface area contributed by atoms with Gasteiger partial charge in [-0.1, -0.05) is 23.8 Å². The zero-order valence-corrected chi connectivity index (χ0v) is 14.7. The van der Waals surface area contributed by atoms with Crippen molar-refractivity contribution in [3.63, 3.8) is 0 Å². The van der Waals surface area contributed by atoms with Crippen molar-refractivity contribution >= 4 is 6.09 Å². The average molecular weight is 340 g/mol. The number of rotatable bonds is 3. The van der Waals surface area contributed by atoms with E-state index in [9.17, 15) is 4.79 Å². The minimum Gasteiger partial charge on any atom is -0.465 e. The molecule has 0 spiro atoms. The fraction of sp³-hybridized carbons (Fsp3) is 0.474. The Bertz CT molecular complexity index is 786. The normalized spacial score (nSPS) is 23.2. The molecule has 2 aromatic rings. The largest absolute Gasteiger partial charge is 0.465 e. The van der Waals surface area contributed by atoms with Crippen LogP contribution in [-0.2, 0) is 13.6 Å². The monoisotopic (exact) mass is 340 g/mol. The Kier molecular flexibility index (Phi) is 4.00. The number of aromatic nitrogens is 2. The van der Waals surface area contributed by atoms with Crippen molar-refractivity contribution in [1.82, 2.24) is 19.6 Å². The van der Waals surface area contributed by atoms with Gasteiger partial charge in [0.2, 0.25) is 0 Å². The molecule has 2 aliphatic rings. The molecule has 0 aliphatic carbocycles. The molecular formula is C19H24N4O2. The van der Waals surface area contributed by atoms with Gasteiger partial charge in [-0.2, -0.15) is 5.10 Å². The lowest BCUT2D eigenvalue weighted by Crippen LogP contribution is -2.32. The van der Waals surface area contributed by atoms with E-state index in [0.717, 1.165) is 30.9 Å². The summed E-state index contributed by atoms with van der Waals surface area (Å²) in [6.45, 7) is 6.26. The van der Waals surface area contributed by atoms with Gasteiger partial charge >= 0.3 is 6.09 Å². The van der Waals surface area contributed by atoms with Gasteiger partial charge < -0.3 is 10.0 Å². The molecule has 2 fully saturated rings. The maximum absolute atomic E-state index is 11.1. The Labute approximate surface area is 147 Å². The Hall–Kier alpha value is -2.34. The molecule has 1 N–H and O–H groups in total. The maximum Gasteiger partial charge on any atom is 0.407 e. The molecule has 4 rings (SSSR count). The molecule has 2 saturated heterocycles. The smallest absolute Gasteiger partial charge is 0.407 e. The van der Waals surface area contributed by atoms with E-state index in [4.69, 9.17) is 5.11 Å². The van der Waals surface area contributed by atoms with Gasteiger partial charge in [0.25, 0.3) is 0 Å². The minimum atomic E-state index is -0.782. The number of amides is 1. The standard InChI is InChI=1S/C19H24N4O2/c1-13-4-3-5-14(6-13)18-7-17(21(2)20-18)12-22-8-15-10-23(19(24)25)11-16(15)9-22/h3-7,15-16H,8-12H2,1-2H3,(H,24,25). The number of carboxylic acid groups (broad SMARTS) is 1. The van der Waals surface area contributed by atoms with Gasteiger partial charge in [0.05, 0.1) is 11.4 Å². The minimum absolute atomic E-state index is 0.473. The third kappa shape index (κ3) is 3.14. The predicted octanol–water partition coefficient (Wildman–Crippen LogP) is 2.44. The van der Waals surface area contributed by atoms with Crippen molar-refractivity contribution < 1.29 is 9.90 Å². The molecule has 1 amide bonds. The zero-order chi connectivity index (χ0) is 17.6. The van der Waals surface area contributed by atoms with E-state index in [1.54, 1.807) is 4.90 Å². The number of hydrogen-bond acceptors (Lipinski definition) is 3. The molecule has 132 valence electrons. The summed E-state index contributed by atoms with van der Waals surface area (Å²) in [7, 11) is 2.00. The second-order valence-corrected chi connectivity index (χ2v) is 7.42. The van der Waals surface area contributed by atoms with Crippen LogP contribution in [0.2, 0.25) is 0 Å². The van der Waals surface area contributed by atoms with Gasteiger partial charge in [-0.05, 0) is 30.9 Å². The van der Waals surface area contributed by atoms with Gasteiger partial charge in [-0.3, -0.25) is 9.58 Å². The third-order valence-electron chi connectivity index (χ3n) is 5.51. The van der Waals surface area contributed by atoms with Crippen molar-refractivity contribution in [2.75, 3.05) is 26.2 Å². The lowest BCUT2D eigenvalue weighted by molar-refractivity contribution is 0.148. The highest BCUT2D eigenvalue weighted by molar-refractivity contribution is 5.65. The number of benzene rings is 1. The number of carbonyl (C=O) groups is 1. The van der Waals surface area contributed by atoms with Crippen LogP contribution in [0.15, 0.2) is 30.3 Å². The lowest BCUT2D eigenvalue weighted by Gasteiger charge is -2.19. The first-order chi connectivity index (χ1) is 12.0. The Balaban J connectivity index is 1.44. The lowest BCUT2D eigenvalue weighted by atomic mass is 10.0. The zero-order valence-electron chi connectivity index (χ0n) is 14.7. The van der Waals surface area contributed by atoms with E-state index in [0.29, 0.717) is 24.9 Å². The van der Waals surface area contributed by atoms with Crippen LogP contribution >= 0.6 is 0 Å². The van der Waals surface area contributed by atoms with Crippen molar-refractivity contribution in [3.8, 4) is 11.3 Å². The third-order valence-corrected chi connectivity index (χ3v) is 5.51. The summed E-state index contributed by atoms with van der Waals surface area (Å²) in [6, 6.07) is 10.6. The van der Waals surface area contributed by atoms with E-state index in [1.807, 2.05) is 11.7 Å². The first-order valence-corrected chi connectivity index (χ1v) is 8.80. The van der Waals surface area contributed by atoms with Crippen LogP contribution in [0, 0.1) is 18.8 Å². The molecule has 25 heavy (non-hydrogen) atoms. The Morgan fingerprint density at radius 1 is 1.20 bits per heavy atom. The number of aryl methyl sites for hydroxylation is 2. The topological polar surface area (TPSA) is 61.6 Å². The van der Waals surface area contributed by atoms with Gasteiger partial charge in [0.15, 0.2) is 0 Å². The predicted molar refractivity (Wildman–Crippen MR) is 95.2 cm³/mol. The number of nitrogens with zero attached hydrogens (tertiary/aromatic N) is 4. The second-order valence-electron chi connectivity index (χ2n) is 7.42. The molecular weight excluding hydrogens is 316 g/mol. The van der Waals surface area contributed by atoms with E-state index in [1.165, 1.54) is 11.3 Å². The highest BCUT2D eigenvalue weighted by atomic mass is 16.4. The summed E-state index contributed by atoms with van der Waals surface area (Å²) in [5.41, 5.74) is 4.60. The van der Waals surface area contributed by atoms with Crippen LogP contribution in [-0.4, -0.2) is 57.0 Å². The van der Waals surface area contributed by atoms with Crippen LogP contribution < -0.4 is 0 Å². The van der Waals surface area contributed by atoms with Crippen LogP contribution in [0.3, 0.4) is 0 Å². The molecule has 3 heterocycles. The first kappa shape index (κ1) is 16.1. The second kappa shape index (κ2) is 6.19. The number of fused-ring (bicyclic) bond motifs is 1. The summed E-state index contributed by atoms with van der Waals surface area (Å²) >= 11 is 0. The molecule has 2 atom stereocenters. The molecule has 6 nitrogen and oxygen atoms in total. The number of likely N-dealkylation sites (tertiary alicyclic amines) is 2. The summed E-state index contributed by atoms with van der Waals surface area (Å²) in [6.07, 6.45) is -0.782. The number of hydrogen-bond donors (Lipinski definition) is 1. The Morgan fingerprint density at radius 3 is 2.56 bits per heavy atom. The van der Waals surface area contributed by atoms with Crippen molar-refractivity contribution in [1.29, 1.82) is 0 Å². The van der Waals surface area contributed by atoms with Gasteiger partial charge in [-0.25, -0.2) is 4.79 Å². The molecule has 0 radical (unpaired) electrons. The van der Waals surface area contributed by atoms with Crippen LogP contribution in [0.25, 0.3) is 11.3 Å². The highest BCUT2D eigenvalue weighted by Crippen LogP contribution is 2.32. The van der Waals surface area contributed by atoms with Crippen molar-refractivity contribution in [3.05, 3.63) is 41.6 Å². The molecule has 6 heteroatoms. The molecule has 1 aromatic heterocycles. The summed E-state index contributed by atoms with van der Waals surface area (Å²) < 4.78 is 1.97. The summed E-state index contributed by atoms with van der Waals surface area (Å²) in [5, 5.41) is 13.8. The molecule has 0 saturated carbocycles. The average Bonchev–Trinajstić information content (AvgIpc) is 3.21. The summed E-state index contributed by atoms with van der Waals surface area (Å²) in [4.78, 5) is 15.1. The maximum atomic E-state index is 11.1. The van der Waals surface area contributed by atoms with E-state index >= 15 is 0 Å². The van der Waals surface area contributed by atoms with E-state index < -0.39 is 6.09 Å². The fourth-order valence-corrected chi connectivity index (χ4v) is 4.20. The first-order valence-electron chi connectivity index (χ1n) is 8.80. The van der Waals surface area contributed by atoms with Crippen LogP contribution in [0.5, 0.6) is 0 Å². The quantitative estimate of drug-likeness (QED) is 0.932. The highest BCUT2D eigenvalue weighted by Gasteiger charge is 2.41. The van der Waals surface area contributed by atoms with Gasteiger partial charge in [0, 0.05) is 45.3 Å². The SMILES string of the molecule is Cc1cccc(-c2cc(CN3CC4CN(C(=O)O)CC4C3)n(C)n2)c1. The van der Waals surface area contributed by atoms with Crippen molar-refractivity contribution in [2.24, 2.45) is 18.9 Å². The molecule has 0 bridgehead atoms. The van der Waals surface area contributed by atoms with E-state index in [2.05, 4.69) is 47.3 Å². The molecule has 2 aliphatic heterocycles. The fourth-order valence-electron chi connectivity index (χ4n) is 4.20. The van der Waals surface area contributed by atoms with E-state index in [-0.39, 0.29) is 0 Å². The van der Waals surface area contributed by atoms with Crippen molar-refractivity contribution in [2.45, 2.75) is 13.5 Å². The van der Waals surface area contributed by atoms with Gasteiger partial charge in [-0.15, -0.1) is 0 Å². The Morgan fingerprint density at radius 2 is 1.92 bits per heavy atom. The van der Waals surface area contributed by atoms with Crippen LogP contribution in [0.1, 0.15) is 11.3 Å². The molecule has 1 aromatic carbocycles. The van der Waals surface area contributed by atoms with Gasteiger partial charge in [0.1, 0.15) is 0 Å². The summed E-state index contributed by atoms with van der Waals surface area (Å²) in [5.74, 6) is 0.946.